The third kappa shape index (κ3) is 3.30. The van der Waals surface area contributed by atoms with Gasteiger partial charge >= 0.3 is 0 Å². The van der Waals surface area contributed by atoms with E-state index in [0.717, 1.165) is 11.8 Å². The van der Waals surface area contributed by atoms with Crippen LogP contribution in [-0.4, -0.2) is 40.6 Å². The third-order valence-corrected chi connectivity index (χ3v) is 6.97. The molecule has 2 aliphatic rings. The quantitative estimate of drug-likeness (QED) is 0.787. The van der Waals surface area contributed by atoms with E-state index in [0.29, 0.717) is 11.5 Å². The zero-order valence-corrected chi connectivity index (χ0v) is 14.1. The summed E-state index contributed by atoms with van der Waals surface area (Å²) in [5, 5.41) is 0.744. The number of nitrogens with two attached hydrogens (primary N) is 1. The molecule has 112 valence electrons. The fourth-order valence-corrected chi connectivity index (χ4v) is 5.03. The summed E-state index contributed by atoms with van der Waals surface area (Å²) in [5.74, 6) is 1.27. The number of nitrogens with zero attached hydrogens (tertiary/aromatic N) is 1. The van der Waals surface area contributed by atoms with Crippen LogP contribution in [0.15, 0.2) is 0 Å². The van der Waals surface area contributed by atoms with E-state index in [1.165, 1.54) is 44.4 Å². The Morgan fingerprint density at radius 2 is 1.89 bits per heavy atom. The largest absolute Gasteiger partial charge is 0.329 e. The van der Waals surface area contributed by atoms with Crippen LogP contribution in [0.4, 0.5) is 0 Å². The minimum absolute atomic E-state index is 0.280. The highest BCUT2D eigenvalue weighted by molar-refractivity contribution is 8.00. The highest BCUT2D eigenvalue weighted by Gasteiger charge is 2.43. The summed E-state index contributed by atoms with van der Waals surface area (Å²) in [6.45, 7) is 11.7. The molecule has 1 saturated heterocycles. The molecule has 0 aromatic carbocycles. The molecule has 1 heterocycles. The van der Waals surface area contributed by atoms with Crippen molar-refractivity contribution in [2.24, 2.45) is 11.1 Å². The van der Waals surface area contributed by atoms with E-state index in [2.05, 4.69) is 44.4 Å². The first-order valence-electron chi connectivity index (χ1n) is 7.99. The predicted octanol–water partition coefficient (Wildman–Crippen LogP) is 3.50. The molecule has 1 saturated carbocycles. The molecule has 0 aromatic heterocycles. The lowest BCUT2D eigenvalue weighted by atomic mass is 9.82. The lowest BCUT2D eigenvalue weighted by Gasteiger charge is -2.50. The summed E-state index contributed by atoms with van der Waals surface area (Å²) in [7, 11) is 0. The molecule has 19 heavy (non-hydrogen) atoms. The van der Waals surface area contributed by atoms with E-state index in [-0.39, 0.29) is 5.54 Å². The lowest BCUT2D eigenvalue weighted by Crippen LogP contribution is -2.61. The van der Waals surface area contributed by atoms with E-state index in [9.17, 15) is 0 Å². The molecule has 1 aliphatic carbocycles. The standard InChI is InChI=1S/C16H32N2S/c1-13-14(2)19-11-10-18(13)16(12-17)7-5-6-15(3,4)8-9-16/h13-14H,5-12,17H2,1-4H3. The molecule has 2 fully saturated rings. The monoisotopic (exact) mass is 284 g/mol. The first-order valence-corrected chi connectivity index (χ1v) is 9.04. The Hall–Kier alpha value is 0.270. The molecule has 3 unspecified atom stereocenters. The van der Waals surface area contributed by atoms with Crippen LogP contribution < -0.4 is 5.73 Å². The van der Waals surface area contributed by atoms with Crippen molar-refractivity contribution >= 4 is 11.8 Å². The highest BCUT2D eigenvalue weighted by Crippen LogP contribution is 2.42. The average molecular weight is 285 g/mol. The van der Waals surface area contributed by atoms with Crippen LogP contribution in [-0.2, 0) is 0 Å². The predicted molar refractivity (Wildman–Crippen MR) is 86.7 cm³/mol. The molecular weight excluding hydrogens is 252 g/mol. The van der Waals surface area contributed by atoms with Crippen molar-refractivity contribution in [3.05, 3.63) is 0 Å². The topological polar surface area (TPSA) is 29.3 Å². The summed E-state index contributed by atoms with van der Waals surface area (Å²) in [6, 6.07) is 0.670. The Morgan fingerprint density at radius 3 is 2.58 bits per heavy atom. The number of hydrogen-bond acceptors (Lipinski definition) is 3. The van der Waals surface area contributed by atoms with Crippen molar-refractivity contribution in [3.63, 3.8) is 0 Å². The van der Waals surface area contributed by atoms with Gasteiger partial charge in [-0.3, -0.25) is 4.90 Å². The average Bonchev–Trinajstić information content (AvgIpc) is 2.52. The van der Waals surface area contributed by atoms with Gasteiger partial charge in [0.2, 0.25) is 0 Å². The number of rotatable bonds is 2. The van der Waals surface area contributed by atoms with Gasteiger partial charge in [0, 0.05) is 35.7 Å². The van der Waals surface area contributed by atoms with Crippen molar-refractivity contribution in [1.29, 1.82) is 0 Å². The molecule has 0 spiro atoms. The molecule has 0 radical (unpaired) electrons. The van der Waals surface area contributed by atoms with Crippen LogP contribution in [0, 0.1) is 5.41 Å². The van der Waals surface area contributed by atoms with E-state index < -0.39 is 0 Å². The molecule has 0 bridgehead atoms. The van der Waals surface area contributed by atoms with E-state index in [4.69, 9.17) is 5.73 Å². The fourth-order valence-electron chi connectivity index (χ4n) is 3.93. The normalized spacial score (nSPS) is 40.9. The summed E-state index contributed by atoms with van der Waals surface area (Å²) >= 11 is 2.13. The Kier molecular flexibility index (Phi) is 4.90. The van der Waals surface area contributed by atoms with Gasteiger partial charge in [0.25, 0.3) is 0 Å². The maximum Gasteiger partial charge on any atom is 0.0335 e. The maximum atomic E-state index is 6.29. The summed E-state index contributed by atoms with van der Waals surface area (Å²) < 4.78 is 0. The van der Waals surface area contributed by atoms with Crippen molar-refractivity contribution in [2.75, 3.05) is 18.8 Å². The molecule has 2 rings (SSSR count). The zero-order valence-electron chi connectivity index (χ0n) is 13.2. The second-order valence-corrected chi connectivity index (χ2v) is 8.94. The second-order valence-electron chi connectivity index (χ2n) is 7.46. The Labute approximate surface area is 123 Å². The SMILES string of the molecule is CC1SCCN(C2(CN)CCCC(C)(C)CC2)C1C. The van der Waals surface area contributed by atoms with Crippen molar-refractivity contribution < 1.29 is 0 Å². The van der Waals surface area contributed by atoms with Crippen LogP contribution in [0.1, 0.15) is 59.8 Å². The zero-order chi connectivity index (χ0) is 14.1. The minimum Gasteiger partial charge on any atom is -0.329 e. The molecular formula is C16H32N2S. The van der Waals surface area contributed by atoms with E-state index in [1.807, 2.05) is 0 Å². The van der Waals surface area contributed by atoms with Gasteiger partial charge in [-0.15, -0.1) is 0 Å². The minimum atomic E-state index is 0.280. The van der Waals surface area contributed by atoms with Crippen LogP contribution in [0.2, 0.25) is 0 Å². The number of hydrogen-bond donors (Lipinski definition) is 1. The molecule has 1 aliphatic heterocycles. The Balaban J connectivity index is 2.17. The Bertz CT molecular complexity index is 305. The first-order chi connectivity index (χ1) is 8.90. The summed E-state index contributed by atoms with van der Waals surface area (Å²) in [4.78, 5) is 2.77. The van der Waals surface area contributed by atoms with Crippen molar-refractivity contribution in [1.82, 2.24) is 4.90 Å². The van der Waals surface area contributed by atoms with Gasteiger partial charge < -0.3 is 5.73 Å². The highest BCUT2D eigenvalue weighted by atomic mass is 32.2. The second kappa shape index (κ2) is 5.95. The summed E-state index contributed by atoms with van der Waals surface area (Å²) in [5.41, 5.74) is 7.08. The molecule has 0 aromatic rings. The lowest BCUT2D eigenvalue weighted by molar-refractivity contribution is 0.0420. The van der Waals surface area contributed by atoms with Crippen LogP contribution in [0.5, 0.6) is 0 Å². The van der Waals surface area contributed by atoms with Gasteiger partial charge in [-0.2, -0.15) is 11.8 Å². The fraction of sp³-hybridized carbons (Fsp3) is 1.00. The molecule has 0 amide bonds. The molecule has 3 atom stereocenters. The van der Waals surface area contributed by atoms with Crippen molar-refractivity contribution in [3.8, 4) is 0 Å². The van der Waals surface area contributed by atoms with Crippen LogP contribution in [0.25, 0.3) is 0 Å². The summed E-state index contributed by atoms with van der Waals surface area (Å²) in [6.07, 6.45) is 6.62. The van der Waals surface area contributed by atoms with Gasteiger partial charge in [-0.25, -0.2) is 0 Å². The third-order valence-electron chi connectivity index (χ3n) is 5.64. The van der Waals surface area contributed by atoms with E-state index in [1.54, 1.807) is 0 Å². The van der Waals surface area contributed by atoms with Gasteiger partial charge in [-0.1, -0.05) is 27.2 Å². The molecule has 2 N–H and O–H groups in total. The van der Waals surface area contributed by atoms with Crippen LogP contribution in [0.3, 0.4) is 0 Å². The van der Waals surface area contributed by atoms with Gasteiger partial charge in [0.15, 0.2) is 0 Å². The van der Waals surface area contributed by atoms with Gasteiger partial charge in [0.05, 0.1) is 0 Å². The number of thioether (sulfide) groups is 1. The first kappa shape index (κ1) is 15.7. The smallest absolute Gasteiger partial charge is 0.0335 e. The van der Waals surface area contributed by atoms with Crippen molar-refractivity contribution in [2.45, 2.75) is 76.6 Å². The van der Waals surface area contributed by atoms with Gasteiger partial charge in [0.1, 0.15) is 0 Å². The molecule has 2 nitrogen and oxygen atoms in total. The Morgan fingerprint density at radius 1 is 1.16 bits per heavy atom. The van der Waals surface area contributed by atoms with Crippen LogP contribution >= 0.6 is 11.8 Å². The maximum absolute atomic E-state index is 6.29. The van der Waals surface area contributed by atoms with E-state index >= 15 is 0 Å². The van der Waals surface area contributed by atoms with Gasteiger partial charge in [-0.05, 0) is 38.0 Å². The molecule has 3 heteroatoms.